The fraction of sp³-hybridized carbons (Fsp3) is 0.533. The van der Waals surface area contributed by atoms with Crippen LogP contribution in [0.2, 0.25) is 0 Å². The first kappa shape index (κ1) is 17.9. The number of aromatic nitrogens is 3. The van der Waals surface area contributed by atoms with Crippen molar-refractivity contribution in [1.29, 1.82) is 0 Å². The predicted molar refractivity (Wildman–Crippen MR) is 93.5 cm³/mol. The molecule has 0 bridgehead atoms. The van der Waals surface area contributed by atoms with Crippen LogP contribution in [0.3, 0.4) is 0 Å². The maximum atomic E-state index is 12.2. The van der Waals surface area contributed by atoms with E-state index in [4.69, 9.17) is 0 Å². The third-order valence-electron chi connectivity index (χ3n) is 3.75. The van der Waals surface area contributed by atoms with E-state index in [2.05, 4.69) is 45.0 Å². The van der Waals surface area contributed by atoms with Gasteiger partial charge in [0.25, 0.3) is 5.91 Å². The molecular weight excluding hydrogens is 334 g/mol. The van der Waals surface area contributed by atoms with Crippen molar-refractivity contribution in [2.75, 3.05) is 13.1 Å². The van der Waals surface area contributed by atoms with Gasteiger partial charge in [-0.25, -0.2) is 4.98 Å². The van der Waals surface area contributed by atoms with Gasteiger partial charge in [0.15, 0.2) is 5.69 Å². The van der Waals surface area contributed by atoms with Gasteiger partial charge < -0.3 is 10.6 Å². The van der Waals surface area contributed by atoms with Crippen molar-refractivity contribution < 1.29 is 4.79 Å². The van der Waals surface area contributed by atoms with E-state index in [1.165, 1.54) is 0 Å². The summed E-state index contributed by atoms with van der Waals surface area (Å²) in [4.78, 5) is 16.8. The molecule has 0 atom stereocenters. The highest BCUT2D eigenvalue weighted by molar-refractivity contribution is 7.09. The van der Waals surface area contributed by atoms with Crippen LogP contribution in [-0.4, -0.2) is 34.2 Å². The Morgan fingerprint density at radius 1 is 1.48 bits per heavy atom. The topological polar surface area (TPSA) is 82.7 Å². The highest BCUT2D eigenvalue weighted by Gasteiger charge is 2.21. The number of H-pyrrole nitrogens is 1. The van der Waals surface area contributed by atoms with Gasteiger partial charge in [-0.3, -0.25) is 9.89 Å². The number of nitrogens with one attached hydrogen (secondary N) is 3. The zero-order valence-electron chi connectivity index (χ0n) is 13.3. The molecule has 3 heterocycles. The van der Waals surface area contributed by atoms with E-state index in [-0.39, 0.29) is 18.3 Å². The molecule has 126 valence electrons. The molecule has 1 amide bonds. The maximum Gasteiger partial charge on any atom is 0.272 e. The van der Waals surface area contributed by atoms with E-state index in [9.17, 15) is 4.79 Å². The Morgan fingerprint density at radius 3 is 3.04 bits per heavy atom. The zero-order chi connectivity index (χ0) is 15.5. The Labute approximate surface area is 145 Å². The number of hydrogen-bond donors (Lipinski definition) is 3. The van der Waals surface area contributed by atoms with Crippen molar-refractivity contribution in [2.24, 2.45) is 0 Å². The van der Waals surface area contributed by atoms with E-state index in [1.807, 2.05) is 0 Å². The molecule has 0 unspecified atom stereocenters. The van der Waals surface area contributed by atoms with Gasteiger partial charge in [-0.05, 0) is 0 Å². The lowest BCUT2D eigenvalue weighted by Crippen LogP contribution is -2.29. The van der Waals surface area contributed by atoms with Crippen molar-refractivity contribution in [3.8, 4) is 0 Å². The van der Waals surface area contributed by atoms with Gasteiger partial charge in [-0.15, -0.1) is 23.7 Å². The van der Waals surface area contributed by atoms with Crippen LogP contribution in [0.25, 0.3) is 0 Å². The molecule has 0 saturated carbocycles. The number of aromatic amines is 1. The van der Waals surface area contributed by atoms with Crippen molar-refractivity contribution in [1.82, 2.24) is 25.8 Å². The first-order valence-electron chi connectivity index (χ1n) is 7.64. The molecule has 0 aromatic carbocycles. The summed E-state index contributed by atoms with van der Waals surface area (Å²) < 4.78 is 0. The number of fused-ring (bicyclic) bond motifs is 1. The Morgan fingerprint density at radius 2 is 2.30 bits per heavy atom. The average Bonchev–Trinajstić information content (AvgIpc) is 3.13. The van der Waals surface area contributed by atoms with Crippen molar-refractivity contribution in [2.45, 2.75) is 39.2 Å². The Balaban J connectivity index is 0.00000192. The SMILES string of the molecule is CC(C)c1nc(CCNC(=O)c2n[nH]c3c2CNCC3)cs1.Cl. The number of rotatable bonds is 5. The van der Waals surface area contributed by atoms with Crippen LogP contribution in [-0.2, 0) is 19.4 Å². The van der Waals surface area contributed by atoms with Crippen LogP contribution in [0.15, 0.2) is 5.38 Å². The molecule has 0 spiro atoms. The molecule has 0 saturated heterocycles. The summed E-state index contributed by atoms with van der Waals surface area (Å²) in [7, 11) is 0. The number of hydrogen-bond acceptors (Lipinski definition) is 5. The van der Waals surface area contributed by atoms with Crippen molar-refractivity contribution >= 4 is 29.7 Å². The van der Waals surface area contributed by atoms with Gasteiger partial charge in [-0.2, -0.15) is 5.10 Å². The molecule has 0 radical (unpaired) electrons. The first-order valence-corrected chi connectivity index (χ1v) is 8.52. The molecular formula is C15H22ClN5OS. The Hall–Kier alpha value is -1.44. The summed E-state index contributed by atoms with van der Waals surface area (Å²) >= 11 is 1.68. The number of thiazole rings is 1. The van der Waals surface area contributed by atoms with E-state index in [1.54, 1.807) is 11.3 Å². The molecule has 1 aliphatic heterocycles. The quantitative estimate of drug-likeness (QED) is 0.766. The summed E-state index contributed by atoms with van der Waals surface area (Å²) in [5, 5.41) is 16.6. The van der Waals surface area contributed by atoms with Gasteiger partial charge in [-0.1, -0.05) is 13.8 Å². The van der Waals surface area contributed by atoms with Gasteiger partial charge >= 0.3 is 0 Å². The van der Waals surface area contributed by atoms with Crippen LogP contribution >= 0.6 is 23.7 Å². The van der Waals surface area contributed by atoms with Crippen molar-refractivity contribution in [3.63, 3.8) is 0 Å². The molecule has 3 N–H and O–H groups in total. The second-order valence-corrected chi connectivity index (χ2v) is 6.68. The van der Waals surface area contributed by atoms with Crippen molar-refractivity contribution in [3.05, 3.63) is 33.0 Å². The Bertz CT molecular complexity index is 667. The Kier molecular flexibility index (Phi) is 6.15. The van der Waals surface area contributed by atoms with Crippen LogP contribution < -0.4 is 10.6 Å². The van der Waals surface area contributed by atoms with E-state index < -0.39 is 0 Å². The number of carbonyl (C=O) groups is 1. The summed E-state index contributed by atoms with van der Waals surface area (Å²) in [5.41, 5.74) is 3.63. The first-order chi connectivity index (χ1) is 10.6. The summed E-state index contributed by atoms with van der Waals surface area (Å²) in [6.07, 6.45) is 1.65. The normalized spacial score (nSPS) is 13.5. The molecule has 2 aromatic heterocycles. The lowest BCUT2D eigenvalue weighted by atomic mass is 10.1. The number of halogens is 1. The number of nitrogens with zero attached hydrogens (tertiary/aromatic N) is 2. The summed E-state index contributed by atoms with van der Waals surface area (Å²) in [5.74, 6) is 0.344. The lowest BCUT2D eigenvalue weighted by molar-refractivity contribution is 0.0948. The number of amides is 1. The second kappa shape index (κ2) is 7.90. The lowest BCUT2D eigenvalue weighted by Gasteiger charge is -2.12. The van der Waals surface area contributed by atoms with E-state index in [0.717, 1.165) is 41.3 Å². The molecule has 6 nitrogen and oxygen atoms in total. The van der Waals surface area contributed by atoms with Crippen LogP contribution in [0.5, 0.6) is 0 Å². The molecule has 23 heavy (non-hydrogen) atoms. The second-order valence-electron chi connectivity index (χ2n) is 5.79. The smallest absolute Gasteiger partial charge is 0.272 e. The maximum absolute atomic E-state index is 12.2. The molecule has 3 rings (SSSR count). The molecule has 0 aliphatic carbocycles. The van der Waals surface area contributed by atoms with Crippen LogP contribution in [0, 0.1) is 0 Å². The number of carbonyl (C=O) groups excluding carboxylic acids is 1. The molecule has 1 aliphatic rings. The van der Waals surface area contributed by atoms with Crippen LogP contribution in [0.1, 0.15) is 52.2 Å². The molecule has 0 fully saturated rings. The third kappa shape index (κ3) is 4.10. The minimum atomic E-state index is -0.111. The third-order valence-corrected chi connectivity index (χ3v) is 4.95. The predicted octanol–water partition coefficient (Wildman–Crippen LogP) is 2.03. The average molecular weight is 356 g/mol. The summed E-state index contributed by atoms with van der Waals surface area (Å²) in [6.45, 7) is 6.49. The highest BCUT2D eigenvalue weighted by Crippen LogP contribution is 2.19. The largest absolute Gasteiger partial charge is 0.350 e. The van der Waals surface area contributed by atoms with Gasteiger partial charge in [0.1, 0.15) is 0 Å². The fourth-order valence-corrected chi connectivity index (χ4v) is 3.37. The zero-order valence-corrected chi connectivity index (χ0v) is 14.9. The minimum Gasteiger partial charge on any atom is -0.350 e. The van der Waals surface area contributed by atoms with Gasteiger partial charge in [0.2, 0.25) is 0 Å². The van der Waals surface area contributed by atoms with Gasteiger partial charge in [0.05, 0.1) is 10.7 Å². The monoisotopic (exact) mass is 355 g/mol. The van der Waals surface area contributed by atoms with Crippen LogP contribution in [0.4, 0.5) is 0 Å². The van der Waals surface area contributed by atoms with Gasteiger partial charge in [0, 0.05) is 55.0 Å². The molecule has 8 heteroatoms. The highest BCUT2D eigenvalue weighted by atomic mass is 35.5. The molecule has 2 aromatic rings. The standard InChI is InChI=1S/C15H21N5OS.ClH/c1-9(2)15-18-10(8-22-15)3-6-17-14(21)13-11-7-16-5-4-12(11)19-20-13;/h8-9,16H,3-7H2,1-2H3,(H,17,21)(H,19,20);1H. The van der Waals surface area contributed by atoms with E-state index >= 15 is 0 Å². The van der Waals surface area contributed by atoms with E-state index in [0.29, 0.717) is 24.7 Å². The summed E-state index contributed by atoms with van der Waals surface area (Å²) in [6, 6.07) is 0. The minimum absolute atomic E-state index is 0. The fourth-order valence-electron chi connectivity index (χ4n) is 2.50.